The van der Waals surface area contributed by atoms with Crippen LogP contribution in [0, 0.1) is 0 Å². The van der Waals surface area contributed by atoms with Gasteiger partial charge in [0.1, 0.15) is 5.82 Å². The van der Waals surface area contributed by atoms with E-state index in [1.807, 2.05) is 19.1 Å². The Labute approximate surface area is 158 Å². The first-order valence-corrected chi connectivity index (χ1v) is 10.4. The molecule has 0 bridgehead atoms. The number of aromatic nitrogens is 2. The number of rotatable bonds is 12. The molecule has 0 fully saturated rings. The van der Waals surface area contributed by atoms with Crippen molar-refractivity contribution in [3.63, 3.8) is 0 Å². The van der Waals surface area contributed by atoms with Gasteiger partial charge in [0.15, 0.2) is 0 Å². The van der Waals surface area contributed by atoms with Crippen molar-refractivity contribution in [3.05, 3.63) is 30.1 Å². The predicted molar refractivity (Wildman–Crippen MR) is 109 cm³/mol. The van der Waals surface area contributed by atoms with Crippen molar-refractivity contribution in [1.29, 1.82) is 0 Å². The normalized spacial score (nSPS) is 12.4. The molecular weight excluding hydrogens is 322 g/mol. The van der Waals surface area contributed by atoms with Gasteiger partial charge in [-0.3, -0.25) is 4.79 Å². The van der Waals surface area contributed by atoms with Crippen LogP contribution in [0.4, 0.5) is 0 Å². The van der Waals surface area contributed by atoms with Crippen LogP contribution in [0.3, 0.4) is 0 Å². The van der Waals surface area contributed by atoms with Crippen molar-refractivity contribution >= 4 is 16.9 Å². The fourth-order valence-electron chi connectivity index (χ4n) is 3.61. The third-order valence-corrected chi connectivity index (χ3v) is 4.98. The van der Waals surface area contributed by atoms with Gasteiger partial charge in [-0.25, -0.2) is 4.98 Å². The molecule has 2 rings (SSSR count). The lowest BCUT2D eigenvalue weighted by Crippen LogP contribution is -2.26. The Morgan fingerprint density at radius 3 is 2.31 bits per heavy atom. The summed E-state index contributed by atoms with van der Waals surface area (Å²) >= 11 is 0. The van der Waals surface area contributed by atoms with E-state index in [9.17, 15) is 4.79 Å². The van der Waals surface area contributed by atoms with E-state index in [4.69, 9.17) is 4.98 Å². The second-order valence-corrected chi connectivity index (χ2v) is 7.36. The number of nitrogens with one attached hydrogen (secondary N) is 1. The smallest absolute Gasteiger partial charge is 0.217 e. The molecule has 0 aliphatic heterocycles. The van der Waals surface area contributed by atoms with Gasteiger partial charge in [0.2, 0.25) is 5.91 Å². The van der Waals surface area contributed by atoms with Gasteiger partial charge in [-0.15, -0.1) is 0 Å². The summed E-state index contributed by atoms with van der Waals surface area (Å²) in [6, 6.07) is 8.18. The molecule has 0 spiro atoms. The molecule has 0 aliphatic carbocycles. The first-order chi connectivity index (χ1) is 12.6. The minimum Gasteiger partial charge on any atom is -0.347 e. The molecule has 4 heteroatoms. The topological polar surface area (TPSA) is 46.9 Å². The number of benzene rings is 1. The van der Waals surface area contributed by atoms with Crippen LogP contribution in [0.2, 0.25) is 0 Å². The van der Waals surface area contributed by atoms with Crippen LogP contribution < -0.4 is 5.32 Å². The van der Waals surface area contributed by atoms with Gasteiger partial charge < -0.3 is 9.88 Å². The standard InChI is InChI=1S/C22H35N3O/c1-4-5-6-7-8-9-10-11-14-17-25-21-16-13-12-15-20(21)24-22(25)18(2)23-19(3)26/h12-13,15-16,18H,4-11,14,17H2,1-3H3,(H,23,26). The van der Waals surface area contributed by atoms with Crippen molar-refractivity contribution in [1.82, 2.24) is 14.9 Å². The number of hydrogen-bond donors (Lipinski definition) is 1. The van der Waals surface area contributed by atoms with E-state index in [1.54, 1.807) is 6.92 Å². The number of carbonyl (C=O) groups excluding carboxylic acids is 1. The molecule has 1 aromatic carbocycles. The summed E-state index contributed by atoms with van der Waals surface area (Å²) in [7, 11) is 0. The Hall–Kier alpha value is -1.84. The third kappa shape index (κ3) is 6.15. The lowest BCUT2D eigenvalue weighted by Gasteiger charge is -2.15. The molecule has 0 saturated heterocycles. The van der Waals surface area contributed by atoms with Gasteiger partial charge >= 0.3 is 0 Å². The van der Waals surface area contributed by atoms with Crippen LogP contribution in [0.5, 0.6) is 0 Å². The maximum absolute atomic E-state index is 11.4. The number of amides is 1. The molecule has 0 aliphatic rings. The molecule has 1 unspecified atom stereocenters. The van der Waals surface area contributed by atoms with Gasteiger partial charge in [0, 0.05) is 13.5 Å². The molecule has 0 radical (unpaired) electrons. The predicted octanol–water partition coefficient (Wildman–Crippen LogP) is 5.76. The van der Waals surface area contributed by atoms with E-state index in [0.29, 0.717) is 0 Å². The Morgan fingerprint density at radius 1 is 1.04 bits per heavy atom. The Balaban J connectivity index is 1.88. The van der Waals surface area contributed by atoms with Gasteiger partial charge in [-0.2, -0.15) is 0 Å². The van der Waals surface area contributed by atoms with Crippen LogP contribution in [0.25, 0.3) is 11.0 Å². The van der Waals surface area contributed by atoms with Crippen LogP contribution in [0.1, 0.15) is 90.4 Å². The van der Waals surface area contributed by atoms with Crippen molar-refractivity contribution in [2.45, 2.75) is 91.1 Å². The zero-order valence-electron chi connectivity index (χ0n) is 16.8. The summed E-state index contributed by atoms with van der Waals surface area (Å²) in [6.07, 6.45) is 11.9. The Kier molecular flexibility index (Phi) is 8.66. The molecule has 1 amide bonds. The van der Waals surface area contributed by atoms with E-state index in [1.165, 1.54) is 56.9 Å². The SMILES string of the molecule is CCCCCCCCCCCn1c(C(C)NC(C)=O)nc2ccccc21. The van der Waals surface area contributed by atoms with Crippen molar-refractivity contribution in [2.75, 3.05) is 0 Å². The second kappa shape index (κ2) is 11.0. The van der Waals surface area contributed by atoms with E-state index < -0.39 is 0 Å². The van der Waals surface area contributed by atoms with E-state index in [-0.39, 0.29) is 11.9 Å². The highest BCUT2D eigenvalue weighted by Gasteiger charge is 2.16. The third-order valence-electron chi connectivity index (χ3n) is 4.98. The highest BCUT2D eigenvalue weighted by molar-refractivity contribution is 5.77. The largest absolute Gasteiger partial charge is 0.347 e. The average molecular weight is 358 g/mol. The molecule has 144 valence electrons. The van der Waals surface area contributed by atoms with E-state index in [2.05, 4.69) is 28.9 Å². The maximum atomic E-state index is 11.4. The van der Waals surface area contributed by atoms with Gasteiger partial charge in [0.05, 0.1) is 17.1 Å². The monoisotopic (exact) mass is 357 g/mol. The second-order valence-electron chi connectivity index (χ2n) is 7.36. The van der Waals surface area contributed by atoms with Crippen LogP contribution in [-0.4, -0.2) is 15.5 Å². The number of hydrogen-bond acceptors (Lipinski definition) is 2. The molecule has 26 heavy (non-hydrogen) atoms. The number of aryl methyl sites for hydroxylation is 1. The maximum Gasteiger partial charge on any atom is 0.217 e. The molecule has 1 heterocycles. The van der Waals surface area contributed by atoms with Crippen molar-refractivity contribution < 1.29 is 4.79 Å². The number of fused-ring (bicyclic) bond motifs is 1. The summed E-state index contributed by atoms with van der Waals surface area (Å²) in [5.74, 6) is 0.945. The molecule has 4 nitrogen and oxygen atoms in total. The van der Waals surface area contributed by atoms with Crippen LogP contribution in [0.15, 0.2) is 24.3 Å². The minimum atomic E-state index is -0.0709. The zero-order chi connectivity index (χ0) is 18.8. The average Bonchev–Trinajstić information content (AvgIpc) is 2.99. The molecule has 0 saturated carbocycles. The molecular formula is C22H35N3O. The van der Waals surface area contributed by atoms with Gasteiger partial charge in [0.25, 0.3) is 0 Å². The quantitative estimate of drug-likeness (QED) is 0.491. The number of carbonyl (C=O) groups is 1. The molecule has 1 aromatic heterocycles. The summed E-state index contributed by atoms with van der Waals surface area (Å²) < 4.78 is 2.29. The summed E-state index contributed by atoms with van der Waals surface area (Å²) in [5, 5.41) is 2.97. The van der Waals surface area contributed by atoms with Crippen LogP contribution in [-0.2, 0) is 11.3 Å². The van der Waals surface area contributed by atoms with Crippen molar-refractivity contribution in [2.24, 2.45) is 0 Å². The summed E-state index contributed by atoms with van der Waals surface area (Å²) in [4.78, 5) is 16.2. The van der Waals surface area contributed by atoms with Gasteiger partial charge in [-0.1, -0.05) is 70.4 Å². The first kappa shape index (κ1) is 20.5. The van der Waals surface area contributed by atoms with E-state index in [0.717, 1.165) is 24.3 Å². The fraction of sp³-hybridized carbons (Fsp3) is 0.636. The summed E-state index contributed by atoms with van der Waals surface area (Å²) in [6.45, 7) is 6.80. The number of nitrogens with zero attached hydrogens (tertiary/aromatic N) is 2. The zero-order valence-corrected chi connectivity index (χ0v) is 16.8. The number of imidazole rings is 1. The first-order valence-electron chi connectivity index (χ1n) is 10.4. The highest BCUT2D eigenvalue weighted by atomic mass is 16.1. The molecule has 1 N–H and O–H groups in total. The number of para-hydroxylation sites is 2. The molecule has 1 atom stereocenters. The highest BCUT2D eigenvalue weighted by Crippen LogP contribution is 2.22. The fourth-order valence-corrected chi connectivity index (χ4v) is 3.61. The lowest BCUT2D eigenvalue weighted by molar-refractivity contribution is -0.119. The summed E-state index contributed by atoms with van der Waals surface area (Å²) in [5.41, 5.74) is 2.18. The minimum absolute atomic E-state index is 0.0146. The van der Waals surface area contributed by atoms with E-state index >= 15 is 0 Å². The Bertz CT molecular complexity index is 677. The molecule has 2 aromatic rings. The lowest BCUT2D eigenvalue weighted by atomic mass is 10.1. The van der Waals surface area contributed by atoms with Crippen LogP contribution >= 0.6 is 0 Å². The van der Waals surface area contributed by atoms with Crippen molar-refractivity contribution in [3.8, 4) is 0 Å². The Morgan fingerprint density at radius 2 is 1.65 bits per heavy atom. The van der Waals surface area contributed by atoms with Gasteiger partial charge in [-0.05, 0) is 25.5 Å². The number of unbranched alkanes of at least 4 members (excludes halogenated alkanes) is 8.